The second kappa shape index (κ2) is 15.3. The fourth-order valence-corrected chi connectivity index (χ4v) is 5.39. The van der Waals surface area contributed by atoms with Crippen LogP contribution in [-0.2, 0) is 5.88 Å². The molecule has 0 unspecified atom stereocenters. The molecule has 2 aromatic rings. The maximum atomic E-state index is 6.04. The molecule has 0 spiro atoms. The molecule has 0 radical (unpaired) electrons. The molecule has 0 heterocycles. The van der Waals surface area contributed by atoms with Crippen LogP contribution in [0.1, 0.15) is 76.7 Å². The lowest BCUT2D eigenvalue weighted by molar-refractivity contribution is 0.563. The Bertz CT molecular complexity index is 639. The largest absolute Gasteiger partial charge is 0.126 e. The van der Waals surface area contributed by atoms with E-state index in [1.54, 1.807) is 11.8 Å². The Morgan fingerprint density at radius 3 is 1.89 bits per heavy atom. The quantitative estimate of drug-likeness (QED) is 0.155. The van der Waals surface area contributed by atoms with Crippen molar-refractivity contribution in [1.29, 1.82) is 0 Å². The summed E-state index contributed by atoms with van der Waals surface area (Å²) in [6.45, 7) is 2.29. The van der Waals surface area contributed by atoms with Gasteiger partial charge in [0.15, 0.2) is 0 Å². The summed E-state index contributed by atoms with van der Waals surface area (Å²) in [5.74, 6) is 1.80. The molecule has 0 saturated carbocycles. The van der Waals surface area contributed by atoms with Crippen molar-refractivity contribution in [3.63, 3.8) is 0 Å². The summed E-state index contributed by atoms with van der Waals surface area (Å²) >= 11 is 9.83. The van der Waals surface area contributed by atoms with E-state index in [4.69, 9.17) is 11.6 Å². The van der Waals surface area contributed by atoms with Gasteiger partial charge in [-0.25, -0.2) is 0 Å². The number of alkyl halides is 1. The summed E-state index contributed by atoms with van der Waals surface area (Å²) in [6.07, 6.45) is 14.1. The average molecular weight is 435 g/mol. The van der Waals surface area contributed by atoms with E-state index in [0.29, 0.717) is 5.88 Å². The molecule has 2 aromatic carbocycles. The molecule has 0 bridgehead atoms. The topological polar surface area (TPSA) is 0 Å². The molecule has 2 rings (SSSR count). The predicted octanol–water partition coefficient (Wildman–Crippen LogP) is 9.59. The minimum atomic E-state index is 0.565. The molecule has 0 saturated heterocycles. The van der Waals surface area contributed by atoms with Crippen molar-refractivity contribution >= 4 is 35.1 Å². The number of hydrogen-bond acceptors (Lipinski definition) is 2. The fraction of sp³-hybridized carbons (Fsp3) is 0.520. The molecule has 3 heteroatoms. The van der Waals surface area contributed by atoms with E-state index in [1.165, 1.54) is 90.2 Å². The first-order valence-electron chi connectivity index (χ1n) is 10.9. The molecule has 0 amide bonds. The van der Waals surface area contributed by atoms with Crippen LogP contribution in [0, 0.1) is 0 Å². The standard InChI is InChI=1S/C25H35ClS2/c1-2-3-4-5-6-7-8-9-10-13-20-27-23-16-18-24(19-17-23)28-25-15-12-11-14-22(25)21-26/h11-12,14-19H,2-10,13,20-21H2,1H3. The first kappa shape index (κ1) is 23.7. The van der Waals surface area contributed by atoms with E-state index < -0.39 is 0 Å². The third kappa shape index (κ3) is 9.76. The second-order valence-electron chi connectivity index (χ2n) is 7.35. The van der Waals surface area contributed by atoms with Crippen molar-refractivity contribution in [2.24, 2.45) is 0 Å². The summed E-state index contributed by atoms with van der Waals surface area (Å²) < 4.78 is 0. The van der Waals surface area contributed by atoms with Gasteiger partial charge in [0, 0.05) is 20.6 Å². The summed E-state index contributed by atoms with van der Waals surface area (Å²) in [5, 5.41) is 0. The number of halogens is 1. The van der Waals surface area contributed by atoms with Crippen LogP contribution in [0.25, 0.3) is 0 Å². The zero-order valence-corrected chi connectivity index (χ0v) is 19.7. The summed E-state index contributed by atoms with van der Waals surface area (Å²) in [6, 6.07) is 17.4. The van der Waals surface area contributed by atoms with Gasteiger partial charge in [0.2, 0.25) is 0 Å². The third-order valence-electron chi connectivity index (χ3n) is 4.93. The molecular formula is C25H35ClS2. The average Bonchev–Trinajstić information content (AvgIpc) is 2.73. The Balaban J connectivity index is 1.56. The molecule has 0 aromatic heterocycles. The molecule has 0 atom stereocenters. The number of hydrogen-bond donors (Lipinski definition) is 0. The Kier molecular flexibility index (Phi) is 12.9. The number of rotatable bonds is 15. The van der Waals surface area contributed by atoms with E-state index in [-0.39, 0.29) is 0 Å². The zero-order valence-electron chi connectivity index (χ0n) is 17.3. The van der Waals surface area contributed by atoms with Crippen LogP contribution in [0.3, 0.4) is 0 Å². The van der Waals surface area contributed by atoms with E-state index in [9.17, 15) is 0 Å². The molecule has 28 heavy (non-hydrogen) atoms. The molecule has 0 aliphatic rings. The highest BCUT2D eigenvalue weighted by atomic mass is 35.5. The first-order valence-corrected chi connectivity index (χ1v) is 13.2. The molecular weight excluding hydrogens is 400 g/mol. The highest BCUT2D eigenvalue weighted by Gasteiger charge is 2.03. The lowest BCUT2D eigenvalue weighted by Gasteiger charge is -2.07. The van der Waals surface area contributed by atoms with Crippen LogP contribution in [0.5, 0.6) is 0 Å². The molecule has 0 aliphatic heterocycles. The molecule has 154 valence electrons. The van der Waals surface area contributed by atoms with Gasteiger partial charge in [-0.3, -0.25) is 0 Å². The van der Waals surface area contributed by atoms with Crippen molar-refractivity contribution in [1.82, 2.24) is 0 Å². The van der Waals surface area contributed by atoms with Gasteiger partial charge in [-0.2, -0.15) is 0 Å². The van der Waals surface area contributed by atoms with Crippen molar-refractivity contribution < 1.29 is 0 Å². The Hall–Kier alpha value is -0.570. The fourth-order valence-electron chi connectivity index (χ4n) is 3.22. The van der Waals surface area contributed by atoms with Crippen LogP contribution in [0.4, 0.5) is 0 Å². The second-order valence-corrected chi connectivity index (χ2v) is 9.90. The van der Waals surface area contributed by atoms with Gasteiger partial charge in [0.05, 0.1) is 0 Å². The molecule has 0 aliphatic carbocycles. The third-order valence-corrected chi connectivity index (χ3v) is 7.45. The van der Waals surface area contributed by atoms with Crippen LogP contribution in [0.15, 0.2) is 63.2 Å². The Morgan fingerprint density at radius 2 is 1.25 bits per heavy atom. The van der Waals surface area contributed by atoms with E-state index >= 15 is 0 Å². The highest BCUT2D eigenvalue weighted by molar-refractivity contribution is 7.99. The van der Waals surface area contributed by atoms with Gasteiger partial charge < -0.3 is 0 Å². The van der Waals surface area contributed by atoms with Crippen molar-refractivity contribution in [3.8, 4) is 0 Å². The minimum absolute atomic E-state index is 0.565. The normalized spacial score (nSPS) is 11.1. The molecule has 0 nitrogen and oxygen atoms in total. The number of benzene rings is 2. The van der Waals surface area contributed by atoms with E-state index in [2.05, 4.69) is 55.5 Å². The van der Waals surface area contributed by atoms with Crippen LogP contribution in [-0.4, -0.2) is 5.75 Å². The molecule has 0 fully saturated rings. The summed E-state index contributed by atoms with van der Waals surface area (Å²) in [5.41, 5.74) is 1.20. The van der Waals surface area contributed by atoms with Crippen molar-refractivity contribution in [3.05, 3.63) is 54.1 Å². The van der Waals surface area contributed by atoms with Gasteiger partial charge in [0.1, 0.15) is 0 Å². The lowest BCUT2D eigenvalue weighted by atomic mass is 10.1. The Labute approximate surface area is 186 Å². The van der Waals surface area contributed by atoms with Gasteiger partial charge >= 0.3 is 0 Å². The van der Waals surface area contributed by atoms with E-state index in [0.717, 1.165) is 0 Å². The predicted molar refractivity (Wildman–Crippen MR) is 129 cm³/mol. The minimum Gasteiger partial charge on any atom is -0.126 e. The highest BCUT2D eigenvalue weighted by Crippen LogP contribution is 2.32. The van der Waals surface area contributed by atoms with Gasteiger partial charge in [-0.1, -0.05) is 94.7 Å². The summed E-state index contributed by atoms with van der Waals surface area (Å²) in [4.78, 5) is 3.91. The first-order chi connectivity index (χ1) is 13.8. The maximum absolute atomic E-state index is 6.04. The number of thioether (sulfide) groups is 1. The maximum Gasteiger partial charge on any atom is 0.0485 e. The van der Waals surface area contributed by atoms with Gasteiger partial charge in [-0.05, 0) is 48.1 Å². The van der Waals surface area contributed by atoms with Gasteiger partial charge in [0.25, 0.3) is 0 Å². The van der Waals surface area contributed by atoms with Crippen LogP contribution >= 0.6 is 35.1 Å². The van der Waals surface area contributed by atoms with E-state index in [1.807, 2.05) is 11.8 Å². The van der Waals surface area contributed by atoms with Crippen molar-refractivity contribution in [2.75, 3.05) is 5.75 Å². The SMILES string of the molecule is CCCCCCCCCCCCSc1ccc(Sc2ccccc2CCl)cc1. The molecule has 0 N–H and O–H groups in total. The summed E-state index contributed by atoms with van der Waals surface area (Å²) in [7, 11) is 0. The Morgan fingerprint density at radius 1 is 0.679 bits per heavy atom. The van der Waals surface area contributed by atoms with Crippen LogP contribution in [0.2, 0.25) is 0 Å². The monoisotopic (exact) mass is 434 g/mol. The van der Waals surface area contributed by atoms with Crippen molar-refractivity contribution in [2.45, 2.75) is 91.7 Å². The zero-order chi connectivity index (χ0) is 19.9. The lowest BCUT2D eigenvalue weighted by Crippen LogP contribution is -1.85. The smallest absolute Gasteiger partial charge is 0.0485 e. The van der Waals surface area contributed by atoms with Crippen LogP contribution < -0.4 is 0 Å². The van der Waals surface area contributed by atoms with Gasteiger partial charge in [-0.15, -0.1) is 23.4 Å². The number of unbranched alkanes of at least 4 members (excludes halogenated alkanes) is 9.